The Hall–Kier alpha value is -2.30. The van der Waals surface area contributed by atoms with Crippen molar-refractivity contribution in [3.05, 3.63) is 47.7 Å². The lowest BCUT2D eigenvalue weighted by Crippen LogP contribution is -2.51. The fourth-order valence-corrected chi connectivity index (χ4v) is 3.28. The van der Waals surface area contributed by atoms with Crippen LogP contribution < -0.4 is 5.32 Å². The van der Waals surface area contributed by atoms with Crippen molar-refractivity contribution in [2.45, 2.75) is 59.0 Å². The summed E-state index contributed by atoms with van der Waals surface area (Å²) in [5, 5.41) is 3.34. The fourth-order valence-electron chi connectivity index (χ4n) is 3.28. The molecule has 1 amide bonds. The van der Waals surface area contributed by atoms with Gasteiger partial charge < -0.3 is 14.6 Å². The molecule has 0 fully saturated rings. The first-order valence-electron chi connectivity index (χ1n) is 9.45. The molecule has 0 saturated carbocycles. The molecule has 0 bridgehead atoms. The van der Waals surface area contributed by atoms with Gasteiger partial charge in [-0.25, -0.2) is 4.98 Å². The highest BCUT2D eigenvalue weighted by Gasteiger charge is 2.35. The number of rotatable bonds is 6. The number of amides is 1. The first-order chi connectivity index (χ1) is 12.3. The van der Waals surface area contributed by atoms with Gasteiger partial charge in [-0.15, -0.1) is 0 Å². The minimum atomic E-state index is -0.678. The Morgan fingerprint density at radius 2 is 2.04 bits per heavy atom. The highest BCUT2D eigenvalue weighted by molar-refractivity contribution is 5.88. The molecule has 0 saturated heterocycles. The number of aromatic nitrogens is 1. The second-order valence-corrected chi connectivity index (χ2v) is 8.00. The Balaban J connectivity index is 1.66. The number of hydrogen-bond donors (Lipinski definition) is 1. The molecule has 0 spiro atoms. The maximum Gasteiger partial charge on any atom is 0.248 e. The highest BCUT2D eigenvalue weighted by Crippen LogP contribution is 2.24. The van der Waals surface area contributed by atoms with Crippen molar-refractivity contribution >= 4 is 11.6 Å². The van der Waals surface area contributed by atoms with Crippen molar-refractivity contribution < 1.29 is 9.21 Å². The third-order valence-electron chi connectivity index (χ3n) is 4.76. The number of benzene rings is 1. The summed E-state index contributed by atoms with van der Waals surface area (Å²) in [5.74, 6) is 2.46. The highest BCUT2D eigenvalue weighted by atomic mass is 16.4. The van der Waals surface area contributed by atoms with Gasteiger partial charge >= 0.3 is 0 Å². The molecule has 1 N–H and O–H groups in total. The van der Waals surface area contributed by atoms with Gasteiger partial charge in [-0.2, -0.15) is 0 Å². The molecule has 1 aromatic heterocycles. The number of aryl methyl sites for hydroxylation is 1. The van der Waals surface area contributed by atoms with Crippen molar-refractivity contribution in [1.29, 1.82) is 0 Å². The van der Waals surface area contributed by atoms with Crippen LogP contribution in [-0.2, 0) is 24.2 Å². The predicted molar refractivity (Wildman–Crippen MR) is 103 cm³/mol. The molecule has 1 aliphatic heterocycles. The first-order valence-corrected chi connectivity index (χ1v) is 9.45. The Morgan fingerprint density at radius 3 is 2.73 bits per heavy atom. The number of nitrogens with zero attached hydrogens (tertiary/aromatic N) is 2. The third-order valence-corrected chi connectivity index (χ3v) is 4.76. The number of anilines is 1. The smallest absolute Gasteiger partial charge is 0.248 e. The van der Waals surface area contributed by atoms with Crippen molar-refractivity contribution in [3.63, 3.8) is 0 Å². The van der Waals surface area contributed by atoms with E-state index in [1.165, 1.54) is 0 Å². The van der Waals surface area contributed by atoms with Gasteiger partial charge in [-0.1, -0.05) is 32.0 Å². The van der Waals surface area contributed by atoms with E-state index < -0.39 is 5.54 Å². The quantitative estimate of drug-likeness (QED) is 0.850. The molecule has 2 heterocycles. The number of hydrogen-bond acceptors (Lipinski definition) is 4. The van der Waals surface area contributed by atoms with Crippen LogP contribution in [0.5, 0.6) is 0 Å². The van der Waals surface area contributed by atoms with Crippen LogP contribution in [0.25, 0.3) is 0 Å². The fraction of sp³-hybridized carbons (Fsp3) is 0.524. The number of carbonyl (C=O) groups excluding carboxylic acids is 1. The number of fused-ring (bicyclic) bond motifs is 1. The summed E-state index contributed by atoms with van der Waals surface area (Å²) in [7, 11) is 0. The number of nitrogens with one attached hydrogen (secondary N) is 1. The van der Waals surface area contributed by atoms with Crippen molar-refractivity contribution in [1.82, 2.24) is 9.88 Å². The zero-order chi connectivity index (χ0) is 18.7. The maximum absolute atomic E-state index is 13.1. The molecule has 0 radical (unpaired) electrons. The van der Waals surface area contributed by atoms with Gasteiger partial charge in [0.2, 0.25) is 5.91 Å². The van der Waals surface area contributed by atoms with Gasteiger partial charge in [0.15, 0.2) is 5.89 Å². The van der Waals surface area contributed by atoms with E-state index in [0.29, 0.717) is 19.0 Å². The molecule has 2 aromatic rings. The summed E-state index contributed by atoms with van der Waals surface area (Å²) in [6.07, 6.45) is 2.66. The molecule has 1 aliphatic rings. The Morgan fingerprint density at radius 1 is 1.31 bits per heavy atom. The monoisotopic (exact) mass is 355 g/mol. The van der Waals surface area contributed by atoms with Crippen LogP contribution in [0.2, 0.25) is 0 Å². The van der Waals surface area contributed by atoms with Crippen molar-refractivity contribution in [2.75, 3.05) is 11.9 Å². The topological polar surface area (TPSA) is 58.4 Å². The van der Waals surface area contributed by atoms with Crippen LogP contribution in [0.4, 0.5) is 5.69 Å². The molecule has 140 valence electrons. The third kappa shape index (κ3) is 4.26. The standard InChI is InChI=1S/C21H29N3O2/c1-15(2)10-11-19-22-17-14-24(13-12-18(17)26-19)20(25)21(3,4)23-16-8-6-5-7-9-16/h5-9,15,23H,10-14H2,1-4H3. The van der Waals surface area contributed by atoms with Gasteiger partial charge in [-0.3, -0.25) is 4.79 Å². The van der Waals surface area contributed by atoms with Gasteiger partial charge in [0.25, 0.3) is 0 Å². The second-order valence-electron chi connectivity index (χ2n) is 8.00. The Bertz CT molecular complexity index is 750. The minimum Gasteiger partial charge on any atom is -0.445 e. The summed E-state index contributed by atoms with van der Waals surface area (Å²) in [6.45, 7) is 9.45. The van der Waals surface area contributed by atoms with Crippen molar-refractivity contribution in [2.24, 2.45) is 5.92 Å². The molecule has 0 atom stereocenters. The summed E-state index contributed by atoms with van der Waals surface area (Å²) in [5.41, 5.74) is 1.18. The van der Waals surface area contributed by atoms with Crippen molar-refractivity contribution in [3.8, 4) is 0 Å². The molecule has 0 aliphatic carbocycles. The van der Waals surface area contributed by atoms with Gasteiger partial charge in [0.1, 0.15) is 17.0 Å². The lowest BCUT2D eigenvalue weighted by atomic mass is 10.0. The Kier molecular flexibility index (Phi) is 5.35. The largest absolute Gasteiger partial charge is 0.445 e. The van der Waals surface area contributed by atoms with E-state index in [4.69, 9.17) is 4.42 Å². The SMILES string of the molecule is CC(C)CCc1nc2c(o1)CCN(C(=O)C(C)(C)Nc1ccccc1)C2. The molecule has 0 unspecified atom stereocenters. The number of oxazole rings is 1. The van der Waals surface area contributed by atoms with Gasteiger partial charge in [0.05, 0.1) is 6.54 Å². The van der Waals surface area contributed by atoms with E-state index in [1.807, 2.05) is 49.1 Å². The van der Waals surface area contributed by atoms with Gasteiger partial charge in [0, 0.05) is 25.1 Å². The number of carbonyl (C=O) groups is 1. The summed E-state index contributed by atoms with van der Waals surface area (Å²) in [6, 6.07) is 9.84. The second kappa shape index (κ2) is 7.52. The van der Waals surface area contributed by atoms with Crippen LogP contribution in [0.1, 0.15) is 51.5 Å². The number of para-hydroxylation sites is 1. The van der Waals surface area contributed by atoms with Crippen LogP contribution in [-0.4, -0.2) is 27.9 Å². The average Bonchev–Trinajstić information content (AvgIpc) is 3.01. The van der Waals surface area contributed by atoms with E-state index >= 15 is 0 Å². The molecule has 5 heteroatoms. The summed E-state index contributed by atoms with van der Waals surface area (Å²) in [4.78, 5) is 19.6. The normalized spacial score (nSPS) is 14.4. The average molecular weight is 355 g/mol. The van der Waals surface area contributed by atoms with Crippen LogP contribution in [0.15, 0.2) is 34.7 Å². The predicted octanol–water partition coefficient (Wildman–Crippen LogP) is 4.04. The van der Waals surface area contributed by atoms with E-state index in [1.54, 1.807) is 0 Å². The minimum absolute atomic E-state index is 0.0822. The molecular weight excluding hydrogens is 326 g/mol. The first kappa shape index (κ1) is 18.5. The Labute approximate surface area is 155 Å². The summed E-state index contributed by atoms with van der Waals surface area (Å²) >= 11 is 0. The molecular formula is C21H29N3O2. The zero-order valence-electron chi connectivity index (χ0n) is 16.2. The van der Waals surface area contributed by atoms with Crippen LogP contribution >= 0.6 is 0 Å². The van der Waals surface area contributed by atoms with Crippen LogP contribution in [0, 0.1) is 5.92 Å². The van der Waals surface area contributed by atoms with E-state index in [0.717, 1.165) is 42.3 Å². The maximum atomic E-state index is 13.1. The van der Waals surface area contributed by atoms with E-state index in [-0.39, 0.29) is 5.91 Å². The lowest BCUT2D eigenvalue weighted by Gasteiger charge is -2.34. The molecule has 3 rings (SSSR count). The van der Waals surface area contributed by atoms with E-state index in [9.17, 15) is 4.79 Å². The van der Waals surface area contributed by atoms with Crippen LogP contribution in [0.3, 0.4) is 0 Å². The van der Waals surface area contributed by atoms with Gasteiger partial charge in [-0.05, 0) is 38.3 Å². The van der Waals surface area contributed by atoms with E-state index in [2.05, 4.69) is 24.1 Å². The molecule has 1 aromatic carbocycles. The molecule has 5 nitrogen and oxygen atoms in total. The lowest BCUT2D eigenvalue weighted by molar-refractivity contribution is -0.136. The molecule has 26 heavy (non-hydrogen) atoms. The zero-order valence-corrected chi connectivity index (χ0v) is 16.2. The summed E-state index contributed by atoms with van der Waals surface area (Å²) < 4.78 is 5.90.